The van der Waals surface area contributed by atoms with Crippen LogP contribution in [0.3, 0.4) is 0 Å². The SMILES string of the molecule is Cc1ccc(C(=O)OC[C@H]2O[C@@H](n3ccc(N)nc3=O)[C@@H](O)[C@@H]2O)cc1. The van der Waals surface area contributed by atoms with E-state index in [1.165, 1.54) is 12.3 Å². The highest BCUT2D eigenvalue weighted by Crippen LogP contribution is 2.28. The number of nitrogens with two attached hydrogens (primary N) is 1. The molecule has 1 aromatic heterocycles. The topological polar surface area (TPSA) is 137 Å². The van der Waals surface area contributed by atoms with Crippen molar-refractivity contribution in [1.29, 1.82) is 0 Å². The van der Waals surface area contributed by atoms with Crippen LogP contribution in [-0.4, -0.2) is 50.7 Å². The number of aryl methyl sites for hydroxylation is 1. The summed E-state index contributed by atoms with van der Waals surface area (Å²) in [6, 6.07) is 8.17. The molecule has 0 aliphatic carbocycles. The van der Waals surface area contributed by atoms with Gasteiger partial charge in [-0.25, -0.2) is 9.59 Å². The van der Waals surface area contributed by atoms with Crippen molar-refractivity contribution in [2.24, 2.45) is 0 Å². The Hall–Kier alpha value is -2.75. The minimum absolute atomic E-state index is 0.0304. The quantitative estimate of drug-likeness (QED) is 0.626. The molecule has 1 fully saturated rings. The number of anilines is 1. The monoisotopic (exact) mass is 361 g/mol. The summed E-state index contributed by atoms with van der Waals surface area (Å²) in [6.07, 6.45) is -3.56. The molecule has 2 aromatic rings. The Balaban J connectivity index is 1.67. The standard InChI is InChI=1S/C17H19N3O6/c1-9-2-4-10(5-3-9)16(23)25-8-11-13(21)14(22)15(26-11)20-7-6-12(18)19-17(20)24/h2-7,11,13-15,21-22H,8H2,1H3,(H2,18,19,24)/t11-,13-,14+,15-/m1/s1. The van der Waals surface area contributed by atoms with Gasteiger partial charge in [-0.15, -0.1) is 0 Å². The number of carbonyl (C=O) groups is 1. The van der Waals surface area contributed by atoms with E-state index in [1.54, 1.807) is 24.3 Å². The zero-order valence-electron chi connectivity index (χ0n) is 14.0. The molecule has 138 valence electrons. The number of hydrogen-bond donors (Lipinski definition) is 3. The Kier molecular flexibility index (Phi) is 5.03. The molecule has 1 aliphatic heterocycles. The number of rotatable bonds is 4. The largest absolute Gasteiger partial charge is 0.459 e. The van der Waals surface area contributed by atoms with Gasteiger partial charge in [0.05, 0.1) is 5.56 Å². The normalized spacial score (nSPS) is 25.2. The molecular formula is C17H19N3O6. The van der Waals surface area contributed by atoms with Gasteiger partial charge >= 0.3 is 11.7 Å². The molecule has 2 heterocycles. The lowest BCUT2D eigenvalue weighted by atomic mass is 10.1. The van der Waals surface area contributed by atoms with Crippen LogP contribution in [0.1, 0.15) is 22.1 Å². The fraction of sp³-hybridized carbons (Fsp3) is 0.353. The van der Waals surface area contributed by atoms with E-state index in [0.29, 0.717) is 5.56 Å². The molecule has 3 rings (SSSR count). The highest BCUT2D eigenvalue weighted by Gasteiger charge is 2.44. The molecular weight excluding hydrogens is 342 g/mol. The number of nitrogen functional groups attached to an aromatic ring is 1. The summed E-state index contributed by atoms with van der Waals surface area (Å²) in [5, 5.41) is 20.3. The van der Waals surface area contributed by atoms with Crippen molar-refractivity contribution in [2.45, 2.75) is 31.5 Å². The zero-order valence-corrected chi connectivity index (χ0v) is 14.0. The molecule has 0 spiro atoms. The minimum Gasteiger partial charge on any atom is -0.459 e. The maximum atomic E-state index is 12.0. The van der Waals surface area contributed by atoms with Crippen molar-refractivity contribution in [2.75, 3.05) is 12.3 Å². The number of aliphatic hydroxyl groups excluding tert-OH is 2. The molecule has 1 aliphatic rings. The lowest BCUT2D eigenvalue weighted by molar-refractivity contribution is -0.0598. The van der Waals surface area contributed by atoms with Gasteiger partial charge in [0.2, 0.25) is 0 Å². The van der Waals surface area contributed by atoms with Crippen LogP contribution in [0.5, 0.6) is 0 Å². The number of aromatic nitrogens is 2. The van der Waals surface area contributed by atoms with Crippen LogP contribution in [0.4, 0.5) is 5.82 Å². The van der Waals surface area contributed by atoms with Crippen molar-refractivity contribution in [1.82, 2.24) is 9.55 Å². The van der Waals surface area contributed by atoms with Gasteiger partial charge in [0.1, 0.15) is 30.7 Å². The zero-order chi connectivity index (χ0) is 18.8. The molecule has 0 saturated carbocycles. The first-order valence-electron chi connectivity index (χ1n) is 7.97. The summed E-state index contributed by atoms with van der Waals surface area (Å²) in [6.45, 7) is 1.62. The second-order valence-corrected chi connectivity index (χ2v) is 6.05. The van der Waals surface area contributed by atoms with Crippen molar-refractivity contribution < 1.29 is 24.5 Å². The first-order valence-corrected chi connectivity index (χ1v) is 7.97. The van der Waals surface area contributed by atoms with Crippen molar-refractivity contribution in [3.63, 3.8) is 0 Å². The van der Waals surface area contributed by atoms with E-state index in [4.69, 9.17) is 15.2 Å². The number of benzene rings is 1. The van der Waals surface area contributed by atoms with Crippen LogP contribution < -0.4 is 11.4 Å². The third-order valence-corrected chi connectivity index (χ3v) is 4.13. The Morgan fingerprint density at radius 1 is 1.27 bits per heavy atom. The van der Waals surface area contributed by atoms with Crippen LogP contribution in [-0.2, 0) is 9.47 Å². The van der Waals surface area contributed by atoms with Crippen molar-refractivity contribution >= 4 is 11.8 Å². The van der Waals surface area contributed by atoms with Crippen LogP contribution in [0.25, 0.3) is 0 Å². The van der Waals surface area contributed by atoms with Gasteiger partial charge in [-0.05, 0) is 25.1 Å². The average Bonchev–Trinajstić information content (AvgIpc) is 2.88. The third kappa shape index (κ3) is 3.59. The van der Waals surface area contributed by atoms with Gasteiger partial charge in [0.25, 0.3) is 0 Å². The summed E-state index contributed by atoms with van der Waals surface area (Å²) in [4.78, 5) is 27.5. The molecule has 0 amide bonds. The van der Waals surface area contributed by atoms with E-state index in [0.717, 1.165) is 10.1 Å². The minimum atomic E-state index is -1.39. The van der Waals surface area contributed by atoms with Gasteiger partial charge in [0.15, 0.2) is 6.23 Å². The first kappa shape index (κ1) is 18.1. The molecule has 9 nitrogen and oxygen atoms in total. The number of aliphatic hydroxyl groups is 2. The summed E-state index contributed by atoms with van der Waals surface area (Å²) in [5.74, 6) is -0.548. The smallest absolute Gasteiger partial charge is 0.351 e. The van der Waals surface area contributed by atoms with Gasteiger partial charge in [0, 0.05) is 6.20 Å². The lowest BCUT2D eigenvalue weighted by Crippen LogP contribution is -2.36. The van der Waals surface area contributed by atoms with Crippen LogP contribution in [0.2, 0.25) is 0 Å². The van der Waals surface area contributed by atoms with E-state index < -0.39 is 36.2 Å². The van der Waals surface area contributed by atoms with E-state index >= 15 is 0 Å². The molecule has 1 aromatic carbocycles. The number of nitrogens with zero attached hydrogens (tertiary/aromatic N) is 2. The molecule has 0 bridgehead atoms. The first-order chi connectivity index (χ1) is 12.4. The van der Waals surface area contributed by atoms with E-state index in [9.17, 15) is 19.8 Å². The van der Waals surface area contributed by atoms with E-state index in [1.807, 2.05) is 6.92 Å². The highest BCUT2D eigenvalue weighted by molar-refractivity contribution is 5.89. The van der Waals surface area contributed by atoms with Crippen LogP contribution >= 0.6 is 0 Å². The molecule has 26 heavy (non-hydrogen) atoms. The predicted octanol–water partition coefficient (Wildman–Crippen LogP) is -0.390. The maximum Gasteiger partial charge on any atom is 0.351 e. The lowest BCUT2D eigenvalue weighted by Gasteiger charge is -2.16. The number of esters is 1. The molecule has 0 radical (unpaired) electrons. The molecule has 4 atom stereocenters. The van der Waals surface area contributed by atoms with Crippen LogP contribution in [0.15, 0.2) is 41.3 Å². The van der Waals surface area contributed by atoms with Gasteiger partial charge in [-0.3, -0.25) is 4.57 Å². The maximum absolute atomic E-state index is 12.0. The molecule has 9 heteroatoms. The van der Waals surface area contributed by atoms with E-state index in [2.05, 4.69) is 4.98 Å². The molecule has 0 unspecified atom stereocenters. The second kappa shape index (κ2) is 7.24. The Morgan fingerprint density at radius 2 is 1.96 bits per heavy atom. The van der Waals surface area contributed by atoms with Crippen molar-refractivity contribution in [3.8, 4) is 0 Å². The van der Waals surface area contributed by atoms with Gasteiger partial charge in [-0.1, -0.05) is 17.7 Å². The fourth-order valence-electron chi connectivity index (χ4n) is 2.65. The highest BCUT2D eigenvalue weighted by atomic mass is 16.6. The molecule has 4 N–H and O–H groups in total. The van der Waals surface area contributed by atoms with Crippen LogP contribution in [0, 0.1) is 6.92 Å². The average molecular weight is 361 g/mol. The van der Waals surface area contributed by atoms with Gasteiger partial charge < -0.3 is 25.4 Å². The fourth-order valence-corrected chi connectivity index (χ4v) is 2.65. The number of hydrogen-bond acceptors (Lipinski definition) is 8. The second-order valence-electron chi connectivity index (χ2n) is 6.05. The third-order valence-electron chi connectivity index (χ3n) is 4.13. The van der Waals surface area contributed by atoms with Crippen molar-refractivity contribution in [3.05, 3.63) is 58.1 Å². The summed E-state index contributed by atoms with van der Waals surface area (Å²) >= 11 is 0. The Labute approximate surface area is 148 Å². The Bertz CT molecular complexity index is 850. The summed E-state index contributed by atoms with van der Waals surface area (Å²) in [5.41, 5.74) is 6.07. The van der Waals surface area contributed by atoms with E-state index in [-0.39, 0.29) is 12.4 Å². The Morgan fingerprint density at radius 3 is 2.62 bits per heavy atom. The molecule has 1 saturated heterocycles. The summed E-state index contributed by atoms with van der Waals surface area (Å²) < 4.78 is 11.7. The van der Waals surface area contributed by atoms with Gasteiger partial charge in [-0.2, -0.15) is 4.98 Å². The predicted molar refractivity (Wildman–Crippen MR) is 90.3 cm³/mol. The summed E-state index contributed by atoms with van der Waals surface area (Å²) in [7, 11) is 0. The number of ether oxygens (including phenoxy) is 2. The number of carbonyl (C=O) groups excluding carboxylic acids is 1.